The molecular formula is C11H13N3O3. The van der Waals surface area contributed by atoms with Crippen molar-refractivity contribution in [2.24, 2.45) is 11.8 Å². The summed E-state index contributed by atoms with van der Waals surface area (Å²) in [5.74, 6) is -2.00. The Bertz CT molecular complexity index is 378. The summed E-state index contributed by atoms with van der Waals surface area (Å²) in [4.78, 5) is 23.9. The minimum Gasteiger partial charge on any atom is -0.481 e. The van der Waals surface area contributed by atoms with Gasteiger partial charge in [-0.05, 0) is 19.3 Å². The minimum atomic E-state index is -0.882. The lowest BCUT2D eigenvalue weighted by molar-refractivity contribution is -0.141. The molecule has 0 aromatic rings. The van der Waals surface area contributed by atoms with Gasteiger partial charge in [-0.1, -0.05) is 0 Å². The molecule has 6 nitrogen and oxygen atoms in total. The van der Waals surface area contributed by atoms with Gasteiger partial charge < -0.3 is 10.0 Å². The topological polar surface area (TPSA) is 105 Å². The van der Waals surface area contributed by atoms with E-state index in [2.05, 4.69) is 0 Å². The van der Waals surface area contributed by atoms with Gasteiger partial charge in [0.2, 0.25) is 5.91 Å². The average molecular weight is 235 g/mol. The van der Waals surface area contributed by atoms with Crippen molar-refractivity contribution in [2.75, 3.05) is 13.1 Å². The number of carboxylic acid groups (broad SMARTS) is 1. The molecule has 1 amide bonds. The zero-order valence-corrected chi connectivity index (χ0v) is 9.30. The maximum atomic E-state index is 11.9. The first-order valence-corrected chi connectivity index (χ1v) is 5.35. The Hall–Kier alpha value is -2.08. The highest BCUT2D eigenvalue weighted by Crippen LogP contribution is 2.32. The van der Waals surface area contributed by atoms with Crippen molar-refractivity contribution in [3.05, 3.63) is 0 Å². The Morgan fingerprint density at radius 1 is 1.18 bits per heavy atom. The van der Waals surface area contributed by atoms with Crippen LogP contribution in [-0.2, 0) is 9.59 Å². The summed E-state index contributed by atoms with van der Waals surface area (Å²) in [6.45, 7) is -0.249. The van der Waals surface area contributed by atoms with E-state index in [4.69, 9.17) is 15.6 Å². The highest BCUT2D eigenvalue weighted by Gasteiger charge is 2.35. The van der Waals surface area contributed by atoms with E-state index in [0.717, 1.165) is 0 Å². The van der Waals surface area contributed by atoms with Gasteiger partial charge in [-0.15, -0.1) is 0 Å². The molecule has 1 fully saturated rings. The van der Waals surface area contributed by atoms with Crippen LogP contribution in [0.25, 0.3) is 0 Å². The van der Waals surface area contributed by atoms with Crippen LogP contribution in [0, 0.1) is 34.5 Å². The van der Waals surface area contributed by atoms with Gasteiger partial charge in [-0.25, -0.2) is 0 Å². The molecule has 1 rings (SSSR count). The lowest BCUT2D eigenvalue weighted by atomic mass is 10.0. The number of aliphatic carboxylic acids is 1. The Kier molecular flexibility index (Phi) is 4.47. The number of hydrogen-bond acceptors (Lipinski definition) is 4. The smallest absolute Gasteiger partial charge is 0.306 e. The molecule has 1 N–H and O–H groups in total. The average Bonchev–Trinajstić information content (AvgIpc) is 2.77. The van der Waals surface area contributed by atoms with Crippen LogP contribution in [-0.4, -0.2) is 35.0 Å². The standard InChI is InChI=1S/C11H13N3O3/c12-3-5-14(6-4-13)10(15)8-1-2-9(7-8)11(16)17/h8-9H,1-2,5-7H2,(H,16,17). The van der Waals surface area contributed by atoms with E-state index in [1.54, 1.807) is 0 Å². The van der Waals surface area contributed by atoms with Gasteiger partial charge in [0.05, 0.1) is 18.1 Å². The molecule has 0 radical (unpaired) electrons. The lowest BCUT2D eigenvalue weighted by Gasteiger charge is -2.19. The fourth-order valence-electron chi connectivity index (χ4n) is 2.07. The zero-order chi connectivity index (χ0) is 12.8. The fourth-order valence-corrected chi connectivity index (χ4v) is 2.07. The van der Waals surface area contributed by atoms with Crippen LogP contribution >= 0.6 is 0 Å². The maximum absolute atomic E-state index is 11.9. The van der Waals surface area contributed by atoms with Gasteiger partial charge in [-0.3, -0.25) is 9.59 Å². The third-order valence-electron chi connectivity index (χ3n) is 2.97. The third-order valence-corrected chi connectivity index (χ3v) is 2.97. The van der Waals surface area contributed by atoms with Gasteiger partial charge in [0.25, 0.3) is 0 Å². The highest BCUT2D eigenvalue weighted by atomic mass is 16.4. The number of nitrogens with zero attached hydrogens (tertiary/aromatic N) is 3. The molecule has 0 bridgehead atoms. The van der Waals surface area contributed by atoms with Crippen LogP contribution in [0.1, 0.15) is 19.3 Å². The Morgan fingerprint density at radius 2 is 1.71 bits per heavy atom. The van der Waals surface area contributed by atoms with Crippen molar-refractivity contribution in [1.29, 1.82) is 10.5 Å². The van der Waals surface area contributed by atoms with Gasteiger partial charge in [0.15, 0.2) is 0 Å². The van der Waals surface area contributed by atoms with Gasteiger partial charge >= 0.3 is 5.97 Å². The first-order chi connectivity index (χ1) is 8.10. The first kappa shape index (κ1) is 13.0. The third kappa shape index (κ3) is 3.18. The van der Waals surface area contributed by atoms with E-state index in [1.165, 1.54) is 4.90 Å². The van der Waals surface area contributed by atoms with Crippen molar-refractivity contribution < 1.29 is 14.7 Å². The number of carboxylic acids is 1. The van der Waals surface area contributed by atoms with E-state index in [9.17, 15) is 9.59 Å². The number of carbonyl (C=O) groups is 2. The van der Waals surface area contributed by atoms with Crippen molar-refractivity contribution in [3.8, 4) is 12.1 Å². The number of carbonyl (C=O) groups excluding carboxylic acids is 1. The molecule has 0 aliphatic heterocycles. The number of nitriles is 2. The normalized spacial score (nSPS) is 22.5. The van der Waals surface area contributed by atoms with Crippen molar-refractivity contribution in [2.45, 2.75) is 19.3 Å². The monoisotopic (exact) mass is 235 g/mol. The summed E-state index contributed by atoms with van der Waals surface area (Å²) in [5, 5.41) is 25.9. The van der Waals surface area contributed by atoms with Crippen LogP contribution in [0.2, 0.25) is 0 Å². The summed E-state index contributed by atoms with van der Waals surface area (Å²) < 4.78 is 0. The lowest BCUT2D eigenvalue weighted by Crippen LogP contribution is -2.36. The highest BCUT2D eigenvalue weighted by molar-refractivity contribution is 5.81. The second-order valence-electron chi connectivity index (χ2n) is 4.06. The number of hydrogen-bond donors (Lipinski definition) is 1. The first-order valence-electron chi connectivity index (χ1n) is 5.35. The SMILES string of the molecule is N#CCN(CC#N)C(=O)C1CCC(C(=O)O)C1. The van der Waals surface area contributed by atoms with Crippen molar-refractivity contribution >= 4 is 11.9 Å². The molecule has 17 heavy (non-hydrogen) atoms. The molecule has 90 valence electrons. The van der Waals surface area contributed by atoms with E-state index < -0.39 is 11.9 Å². The summed E-state index contributed by atoms with van der Waals surface area (Å²) >= 11 is 0. The second-order valence-corrected chi connectivity index (χ2v) is 4.06. The molecule has 0 aromatic heterocycles. The predicted octanol–water partition coefficient (Wildman–Crippen LogP) is 0.363. The summed E-state index contributed by atoms with van der Waals surface area (Å²) in [6, 6.07) is 3.66. The minimum absolute atomic E-state index is 0.124. The molecule has 0 aromatic carbocycles. The molecule has 1 aliphatic carbocycles. The Morgan fingerprint density at radius 3 is 2.12 bits per heavy atom. The van der Waals surface area contributed by atoms with E-state index in [-0.39, 0.29) is 24.9 Å². The maximum Gasteiger partial charge on any atom is 0.306 e. The van der Waals surface area contributed by atoms with Gasteiger partial charge in [0, 0.05) is 5.92 Å². The van der Waals surface area contributed by atoms with Crippen LogP contribution < -0.4 is 0 Å². The molecule has 6 heteroatoms. The molecule has 0 saturated heterocycles. The van der Waals surface area contributed by atoms with Crippen LogP contribution in [0.5, 0.6) is 0 Å². The molecule has 1 aliphatic rings. The summed E-state index contributed by atoms with van der Waals surface area (Å²) in [6.07, 6.45) is 1.31. The molecule has 2 atom stereocenters. The van der Waals surface area contributed by atoms with E-state index >= 15 is 0 Å². The quantitative estimate of drug-likeness (QED) is 0.708. The second kappa shape index (κ2) is 5.86. The zero-order valence-electron chi connectivity index (χ0n) is 9.30. The van der Waals surface area contributed by atoms with Crippen molar-refractivity contribution in [3.63, 3.8) is 0 Å². The molecule has 2 unspecified atom stereocenters. The molecular weight excluding hydrogens is 222 g/mol. The number of amides is 1. The molecule has 0 spiro atoms. The van der Waals surface area contributed by atoms with Gasteiger partial charge in [0.1, 0.15) is 13.1 Å². The Balaban J connectivity index is 2.61. The van der Waals surface area contributed by atoms with Gasteiger partial charge in [-0.2, -0.15) is 10.5 Å². The fraction of sp³-hybridized carbons (Fsp3) is 0.636. The van der Waals surface area contributed by atoms with Crippen LogP contribution in [0.15, 0.2) is 0 Å². The molecule has 1 saturated carbocycles. The van der Waals surface area contributed by atoms with Crippen LogP contribution in [0.3, 0.4) is 0 Å². The van der Waals surface area contributed by atoms with E-state index in [1.807, 2.05) is 12.1 Å². The number of rotatable bonds is 4. The summed E-state index contributed by atoms with van der Waals surface area (Å²) in [5.41, 5.74) is 0. The van der Waals surface area contributed by atoms with Crippen molar-refractivity contribution in [1.82, 2.24) is 4.90 Å². The largest absolute Gasteiger partial charge is 0.481 e. The molecule has 0 heterocycles. The summed E-state index contributed by atoms with van der Waals surface area (Å²) in [7, 11) is 0. The van der Waals surface area contributed by atoms with E-state index in [0.29, 0.717) is 19.3 Å². The predicted molar refractivity (Wildman–Crippen MR) is 56.3 cm³/mol. The van der Waals surface area contributed by atoms with Crippen LogP contribution in [0.4, 0.5) is 0 Å². The Labute approximate surface area is 99.0 Å².